The normalized spacial score (nSPS) is 25.3. The van der Waals surface area contributed by atoms with Crippen LogP contribution >= 0.6 is 11.3 Å². The van der Waals surface area contributed by atoms with Crippen molar-refractivity contribution in [1.29, 1.82) is 0 Å². The van der Waals surface area contributed by atoms with Gasteiger partial charge in [-0.1, -0.05) is 55.9 Å². The standard InChI is InChI=1S/C73H86N8O17S/c1-44-52(50-21-22-53(75-61(50)66(90)91)46-18-17-45-12-10-26-79(55(45)32-46)68(92)77-67-76-54-15-7-8-16-58(54)99-67)35-74-81(44)43-72-38-70(2)37-71(3,39-72)41-73(40-70,42-72)97-29-27-78(4)69(93)96-36-47-19-20-49(33-56(47)98-57-34-51(65(88)89)62(85)64(87)63(57)86)95-31-30-94-28-11-14-48(82)13-6-5-9-25-80-59(83)23-24-60(80)84/h7-8,15-24,32-33,35,51,57,62-64,85-87H,5-6,9-14,25-31,34,36-43H2,1-4H3,(H,88,89)(H,90,91)(H,76,77,92)/t51-,57+,62+,63-,64-,70?,71?,72?,73?/m0/s1. The number of urea groups is 1. The van der Waals surface area contributed by atoms with Gasteiger partial charge in [-0.3, -0.25) is 39.0 Å². The minimum absolute atomic E-state index is 0.0373. The number of nitrogens with one attached hydrogen (secondary N) is 1. The number of aliphatic hydroxyl groups is 3. The third-order valence-electron chi connectivity index (χ3n) is 20.5. The molecule has 6 aromatic rings. The van der Waals surface area contributed by atoms with Crippen LogP contribution in [0.3, 0.4) is 0 Å². The van der Waals surface area contributed by atoms with Gasteiger partial charge in [-0.25, -0.2) is 24.4 Å². The lowest BCUT2D eigenvalue weighted by Crippen LogP contribution is -2.64. The van der Waals surface area contributed by atoms with E-state index in [4.69, 9.17) is 33.8 Å². The summed E-state index contributed by atoms with van der Waals surface area (Å²) >= 11 is 1.41. The van der Waals surface area contributed by atoms with Crippen LogP contribution in [-0.4, -0.2) is 180 Å². The smallest absolute Gasteiger partial charge is 0.409 e. The summed E-state index contributed by atoms with van der Waals surface area (Å²) < 4.78 is 33.7. The summed E-state index contributed by atoms with van der Waals surface area (Å²) in [5, 5.41) is 61.2. The van der Waals surface area contributed by atoms with Crippen LogP contribution in [0.2, 0.25) is 0 Å². The number of ketones is 1. The van der Waals surface area contributed by atoms with Gasteiger partial charge in [-0.2, -0.15) is 5.10 Å². The quantitative estimate of drug-likeness (QED) is 0.0188. The van der Waals surface area contributed by atoms with Gasteiger partial charge in [0.25, 0.3) is 11.8 Å². The average Bonchev–Trinajstić information content (AvgIpc) is 0.771. The van der Waals surface area contributed by atoms with Gasteiger partial charge >= 0.3 is 24.1 Å². The number of ether oxygens (including phenoxy) is 5. The van der Waals surface area contributed by atoms with E-state index in [2.05, 4.69) is 24.1 Å². The number of aliphatic hydroxyl groups excluding tert-OH is 3. The molecule has 2 unspecified atom stereocenters. The predicted octanol–water partition coefficient (Wildman–Crippen LogP) is 9.78. The maximum absolute atomic E-state index is 13.8. The van der Waals surface area contributed by atoms with Crippen LogP contribution in [0.4, 0.5) is 20.4 Å². The van der Waals surface area contributed by atoms with E-state index < -0.39 is 54.0 Å². The van der Waals surface area contributed by atoms with Crippen LogP contribution in [0.1, 0.15) is 131 Å². The van der Waals surface area contributed by atoms with E-state index in [1.807, 2.05) is 60.1 Å². The van der Waals surface area contributed by atoms with E-state index in [1.165, 1.54) is 39.4 Å². The Hall–Kier alpha value is -8.66. The largest absolute Gasteiger partial charge is 0.491 e. The van der Waals surface area contributed by atoms with Crippen molar-refractivity contribution in [1.82, 2.24) is 29.5 Å². The number of imide groups is 1. The number of nitrogens with zero attached hydrogens (tertiary/aromatic N) is 7. The fourth-order valence-electron chi connectivity index (χ4n) is 16.9. The number of Topliss-reactive ketones (excluding diaryl/α,β-unsaturated/α-hetero) is 1. The highest BCUT2D eigenvalue weighted by atomic mass is 32.1. The number of rotatable bonds is 29. The van der Waals surface area contributed by atoms with E-state index in [-0.39, 0.29) is 90.7 Å². The molecule has 6 N–H and O–H groups in total. The van der Waals surface area contributed by atoms with Crippen LogP contribution in [0.15, 0.2) is 91.1 Å². The van der Waals surface area contributed by atoms with E-state index in [9.17, 15) is 59.1 Å². The number of carbonyl (C=O) groups excluding carboxylic acids is 5. The number of anilines is 2. The summed E-state index contributed by atoms with van der Waals surface area (Å²) in [7, 11) is 1.61. The zero-order chi connectivity index (χ0) is 70.0. The molecule has 5 aliphatic carbocycles. The van der Waals surface area contributed by atoms with Crippen LogP contribution < -0.4 is 19.7 Å². The van der Waals surface area contributed by atoms with Crippen molar-refractivity contribution in [3.63, 3.8) is 0 Å². The number of aryl methyl sites for hydroxylation is 1. The molecule has 0 saturated heterocycles. The number of pyridine rings is 1. The Morgan fingerprint density at radius 3 is 2.31 bits per heavy atom. The number of aromatic nitrogens is 4. The molecule has 5 fully saturated rings. The van der Waals surface area contributed by atoms with E-state index in [0.717, 1.165) is 78.5 Å². The van der Waals surface area contributed by atoms with Crippen LogP contribution in [0.25, 0.3) is 32.6 Å². The monoisotopic (exact) mass is 1380 g/mol. The third kappa shape index (κ3) is 15.7. The number of likely N-dealkylation sites (N-methyl/N-ethyl adjacent to an activating group) is 1. The summed E-state index contributed by atoms with van der Waals surface area (Å²) in [6.07, 6.45) is 6.93. The second kappa shape index (κ2) is 29.3. The summed E-state index contributed by atoms with van der Waals surface area (Å²) in [5.41, 5.74) is 5.05. The van der Waals surface area contributed by atoms with Gasteiger partial charge in [0.1, 0.15) is 48.8 Å². The number of carboxylic acid groups (broad SMARTS) is 2. The van der Waals surface area contributed by atoms with Gasteiger partial charge < -0.3 is 54.1 Å². The molecule has 526 valence electrons. The number of amides is 5. The number of fused-ring (bicyclic) bond motifs is 2. The molecular formula is C73H86N8O17S. The molecule has 0 radical (unpaired) electrons. The number of carboxylic acids is 2. The molecule has 5 saturated carbocycles. The highest BCUT2D eigenvalue weighted by molar-refractivity contribution is 7.22. The van der Waals surface area contributed by atoms with Gasteiger partial charge in [-0.05, 0) is 142 Å². The molecule has 3 aromatic carbocycles. The zero-order valence-electron chi connectivity index (χ0n) is 56.2. The Balaban J connectivity index is 0.651. The Bertz CT molecular complexity index is 4030. The van der Waals surface area contributed by atoms with Crippen LogP contribution in [0, 0.1) is 29.1 Å². The molecule has 4 bridgehead atoms. The highest BCUT2D eigenvalue weighted by Crippen LogP contribution is 2.72. The molecule has 5 amide bonds. The number of carbonyl (C=O) groups is 7. The Morgan fingerprint density at radius 1 is 0.788 bits per heavy atom. The van der Waals surface area contributed by atoms with Crippen LogP contribution in [0.5, 0.6) is 11.5 Å². The van der Waals surface area contributed by atoms with Gasteiger partial charge in [0.2, 0.25) is 0 Å². The first-order valence-electron chi connectivity index (χ1n) is 34.1. The predicted molar refractivity (Wildman–Crippen MR) is 364 cm³/mol. The molecule has 5 heterocycles. The number of aromatic carboxylic acids is 1. The SMILES string of the molecule is Cc1c(-c2ccc(-c3ccc4c(c3)N(C(=O)Nc3nc5ccccc5s3)CCC4)nc2C(=O)O)cnn1CC12CC3(C)CC(C)(C1)CC(OCCN(C)C(=O)OCc1ccc(OCCOCCCC(=O)CCCCCN4C(=O)C=CC4=O)cc1O[C@@H]1C[C@H](C(=O)O)[C@@H](O)[C@H](O)[C@H]1O)(C3)C2. The highest BCUT2D eigenvalue weighted by Gasteiger charge is 2.66. The first-order valence-corrected chi connectivity index (χ1v) is 34.9. The van der Waals surface area contributed by atoms with E-state index in [1.54, 1.807) is 36.3 Å². The fraction of sp³-hybridized carbons (Fsp3) is 0.507. The molecule has 7 aliphatic rings. The first-order chi connectivity index (χ1) is 47.4. The minimum Gasteiger partial charge on any atom is -0.491 e. The third-order valence-corrected chi connectivity index (χ3v) is 21.4. The number of thiazole rings is 1. The van der Waals surface area contributed by atoms with Gasteiger partial charge in [0.05, 0.1) is 52.9 Å². The molecule has 26 heteroatoms. The molecular weight excluding hydrogens is 1290 g/mol. The lowest BCUT2D eigenvalue weighted by atomic mass is 9.39. The Labute approximate surface area is 577 Å². The molecule has 3 aromatic heterocycles. The number of unbranched alkanes of at least 4 members (excludes halogenated alkanes) is 2. The second-order valence-corrected chi connectivity index (χ2v) is 29.6. The van der Waals surface area contributed by atoms with E-state index in [0.29, 0.717) is 104 Å². The minimum atomic E-state index is -1.82. The summed E-state index contributed by atoms with van der Waals surface area (Å²) in [4.78, 5) is 102. The average molecular weight is 1380 g/mol. The van der Waals surface area contributed by atoms with Gasteiger partial charge in [-0.15, -0.1) is 0 Å². The van der Waals surface area contributed by atoms with Crippen molar-refractivity contribution in [2.75, 3.05) is 63.3 Å². The number of hydrogen-bond acceptors (Lipinski definition) is 19. The van der Waals surface area contributed by atoms with Crippen molar-refractivity contribution in [3.05, 3.63) is 114 Å². The summed E-state index contributed by atoms with van der Waals surface area (Å²) in [5.74, 6) is -4.17. The Morgan fingerprint density at radius 2 is 1.56 bits per heavy atom. The van der Waals surface area contributed by atoms with Crippen molar-refractivity contribution >= 4 is 74.0 Å². The molecule has 25 nitrogen and oxygen atoms in total. The summed E-state index contributed by atoms with van der Waals surface area (Å²) in [6, 6.07) is 21.5. The maximum Gasteiger partial charge on any atom is 0.409 e. The van der Waals surface area contributed by atoms with Crippen LogP contribution in [-0.2, 0) is 53.0 Å². The van der Waals surface area contributed by atoms with Gasteiger partial charge in [0, 0.05) is 111 Å². The van der Waals surface area contributed by atoms with Crippen molar-refractivity contribution in [3.8, 4) is 33.9 Å². The topological polar surface area (TPSA) is 332 Å². The maximum atomic E-state index is 13.8. The molecule has 2 aliphatic heterocycles. The van der Waals surface area contributed by atoms with Crippen molar-refractivity contribution in [2.45, 2.75) is 160 Å². The number of aliphatic carboxylic acids is 1. The van der Waals surface area contributed by atoms with Crippen molar-refractivity contribution in [2.24, 2.45) is 22.2 Å². The Kier molecular flexibility index (Phi) is 20.8. The molecule has 0 spiro atoms. The fourth-order valence-corrected chi connectivity index (χ4v) is 17.8. The number of para-hydroxylation sites is 1. The zero-order valence-corrected chi connectivity index (χ0v) is 57.0. The molecule has 13 rings (SSSR count). The van der Waals surface area contributed by atoms with Crippen molar-refractivity contribution < 1.29 is 82.8 Å². The second-order valence-electron chi connectivity index (χ2n) is 28.6. The van der Waals surface area contributed by atoms with E-state index >= 15 is 0 Å². The molecule has 99 heavy (non-hydrogen) atoms. The first kappa shape index (κ1) is 70.2. The lowest BCUT2D eigenvalue weighted by molar-refractivity contribution is -0.248. The molecule has 7 atom stereocenters. The van der Waals surface area contributed by atoms with Gasteiger partial charge in [0.15, 0.2) is 10.8 Å². The summed E-state index contributed by atoms with van der Waals surface area (Å²) in [6.45, 7) is 8.76. The lowest BCUT2D eigenvalue weighted by Gasteiger charge is -2.69. The number of benzene rings is 3. The number of hydrogen-bond donors (Lipinski definition) is 6.